The fourth-order valence-electron chi connectivity index (χ4n) is 2.93. The average Bonchev–Trinajstić information content (AvgIpc) is 2.71. The first-order valence-corrected chi connectivity index (χ1v) is 8.86. The van der Waals surface area contributed by atoms with Gasteiger partial charge in [-0.3, -0.25) is 0 Å². The van der Waals surface area contributed by atoms with E-state index in [1.54, 1.807) is 13.8 Å². The molecule has 2 unspecified atom stereocenters. The van der Waals surface area contributed by atoms with Gasteiger partial charge in [0.1, 0.15) is 0 Å². The molecule has 2 atom stereocenters. The second-order valence-electron chi connectivity index (χ2n) is 6.47. The zero-order valence-corrected chi connectivity index (χ0v) is 12.6. The molecule has 2 aliphatic heterocycles. The van der Waals surface area contributed by atoms with Crippen LogP contribution in [0.15, 0.2) is 0 Å². The van der Waals surface area contributed by atoms with Gasteiger partial charge in [0.25, 0.3) is 0 Å². The van der Waals surface area contributed by atoms with Gasteiger partial charge < -0.3 is 10.2 Å². The molecule has 2 heterocycles. The molecule has 2 aliphatic rings. The Morgan fingerprint density at radius 2 is 2.00 bits per heavy atom. The van der Waals surface area contributed by atoms with Gasteiger partial charge in [-0.25, -0.2) is 8.42 Å². The molecule has 2 rings (SSSR count). The SMILES string of the molecule is CC(C)(CNC1CCN2CCCC2C1)S(C)(=O)=O. The topological polar surface area (TPSA) is 49.4 Å². The van der Waals surface area contributed by atoms with E-state index in [0.29, 0.717) is 12.6 Å². The van der Waals surface area contributed by atoms with Crippen molar-refractivity contribution >= 4 is 9.84 Å². The van der Waals surface area contributed by atoms with Crippen LogP contribution < -0.4 is 5.32 Å². The van der Waals surface area contributed by atoms with Gasteiger partial charge in [-0.15, -0.1) is 0 Å². The van der Waals surface area contributed by atoms with Gasteiger partial charge >= 0.3 is 0 Å². The van der Waals surface area contributed by atoms with E-state index in [9.17, 15) is 8.42 Å². The van der Waals surface area contributed by atoms with Crippen molar-refractivity contribution in [2.45, 2.75) is 56.4 Å². The predicted molar refractivity (Wildman–Crippen MR) is 74.5 cm³/mol. The van der Waals surface area contributed by atoms with Crippen LogP contribution in [-0.2, 0) is 9.84 Å². The fourth-order valence-corrected chi connectivity index (χ4v) is 3.28. The molecule has 0 bridgehead atoms. The Morgan fingerprint density at radius 1 is 1.28 bits per heavy atom. The van der Waals surface area contributed by atoms with Crippen LogP contribution in [0.1, 0.15) is 39.5 Å². The molecule has 0 radical (unpaired) electrons. The van der Waals surface area contributed by atoms with Gasteiger partial charge in [0.2, 0.25) is 0 Å². The first-order chi connectivity index (χ1) is 8.29. The van der Waals surface area contributed by atoms with E-state index in [4.69, 9.17) is 0 Å². The molecule has 0 saturated carbocycles. The number of sulfone groups is 1. The minimum absolute atomic E-state index is 0.491. The number of fused-ring (bicyclic) bond motifs is 1. The van der Waals surface area contributed by atoms with Crippen molar-refractivity contribution in [2.75, 3.05) is 25.9 Å². The van der Waals surface area contributed by atoms with Crippen LogP contribution in [0, 0.1) is 0 Å². The summed E-state index contributed by atoms with van der Waals surface area (Å²) in [7, 11) is -2.99. The third-order valence-corrected chi connectivity index (χ3v) is 6.79. The second-order valence-corrected chi connectivity index (χ2v) is 9.12. The molecule has 0 aromatic carbocycles. The lowest BCUT2D eigenvalue weighted by molar-refractivity contribution is 0.166. The largest absolute Gasteiger partial charge is 0.312 e. The molecule has 5 heteroatoms. The van der Waals surface area contributed by atoms with Gasteiger partial charge in [-0.2, -0.15) is 0 Å². The van der Waals surface area contributed by atoms with Crippen LogP contribution >= 0.6 is 0 Å². The van der Waals surface area contributed by atoms with Crippen LogP contribution in [0.25, 0.3) is 0 Å². The predicted octanol–water partition coefficient (Wildman–Crippen LogP) is 1.03. The van der Waals surface area contributed by atoms with E-state index >= 15 is 0 Å². The van der Waals surface area contributed by atoms with Gasteiger partial charge in [0.05, 0.1) is 4.75 Å². The molecule has 0 spiro atoms. The molecular weight excluding hydrogens is 248 g/mol. The van der Waals surface area contributed by atoms with Crippen LogP contribution in [0.4, 0.5) is 0 Å². The van der Waals surface area contributed by atoms with Crippen molar-refractivity contribution in [3.63, 3.8) is 0 Å². The summed E-state index contributed by atoms with van der Waals surface area (Å²) in [5.41, 5.74) is 0. The molecule has 0 aliphatic carbocycles. The highest BCUT2D eigenvalue weighted by atomic mass is 32.2. The third kappa shape index (κ3) is 3.06. The van der Waals surface area contributed by atoms with E-state index in [0.717, 1.165) is 12.5 Å². The maximum absolute atomic E-state index is 11.7. The minimum atomic E-state index is -2.99. The van der Waals surface area contributed by atoms with E-state index in [-0.39, 0.29) is 0 Å². The van der Waals surface area contributed by atoms with Gasteiger partial charge in [0, 0.05) is 24.9 Å². The summed E-state index contributed by atoms with van der Waals surface area (Å²) in [5, 5.41) is 3.48. The van der Waals surface area contributed by atoms with Crippen molar-refractivity contribution < 1.29 is 8.42 Å². The zero-order chi connectivity index (χ0) is 13.4. The number of nitrogens with zero attached hydrogens (tertiary/aromatic N) is 1. The first-order valence-electron chi connectivity index (χ1n) is 6.97. The van der Waals surface area contributed by atoms with E-state index in [1.807, 2.05) is 0 Å². The zero-order valence-electron chi connectivity index (χ0n) is 11.8. The summed E-state index contributed by atoms with van der Waals surface area (Å²) in [6, 6.07) is 1.22. The van der Waals surface area contributed by atoms with Crippen molar-refractivity contribution in [3.05, 3.63) is 0 Å². The number of piperidine rings is 1. The summed E-state index contributed by atoms with van der Waals surface area (Å²) >= 11 is 0. The molecule has 18 heavy (non-hydrogen) atoms. The van der Waals surface area contributed by atoms with E-state index in [2.05, 4.69) is 10.2 Å². The molecule has 106 valence electrons. The van der Waals surface area contributed by atoms with Crippen LogP contribution in [0.3, 0.4) is 0 Å². The molecule has 1 N–H and O–H groups in total. The minimum Gasteiger partial charge on any atom is -0.312 e. The van der Waals surface area contributed by atoms with Gasteiger partial charge in [0.15, 0.2) is 9.84 Å². The molecule has 0 aromatic heterocycles. The summed E-state index contributed by atoms with van der Waals surface area (Å²) < 4.78 is 22.7. The van der Waals surface area contributed by atoms with Crippen molar-refractivity contribution in [2.24, 2.45) is 0 Å². The standard InChI is InChI=1S/C13H26N2O2S/c1-13(2,18(3,16)17)10-14-11-6-8-15-7-4-5-12(15)9-11/h11-12,14H,4-10H2,1-3H3. The molecule has 2 fully saturated rings. The van der Waals surface area contributed by atoms with Gasteiger partial charge in [-0.1, -0.05) is 0 Å². The van der Waals surface area contributed by atoms with Crippen molar-refractivity contribution in [1.82, 2.24) is 10.2 Å². The Labute approximate surface area is 111 Å². The molecule has 2 saturated heterocycles. The fraction of sp³-hybridized carbons (Fsp3) is 1.00. The quantitative estimate of drug-likeness (QED) is 0.832. The Morgan fingerprint density at radius 3 is 2.67 bits per heavy atom. The maximum atomic E-state index is 11.7. The summed E-state index contributed by atoms with van der Waals surface area (Å²) in [6.07, 6.45) is 6.30. The Bertz CT molecular complexity index is 392. The van der Waals surface area contributed by atoms with Crippen molar-refractivity contribution in [3.8, 4) is 0 Å². The number of hydrogen-bond donors (Lipinski definition) is 1. The highest BCUT2D eigenvalue weighted by molar-refractivity contribution is 7.92. The Kier molecular flexibility index (Phi) is 4.04. The Balaban J connectivity index is 1.84. The van der Waals surface area contributed by atoms with Crippen LogP contribution in [0.5, 0.6) is 0 Å². The summed E-state index contributed by atoms with van der Waals surface area (Å²) in [6.45, 7) is 6.59. The molecular formula is C13H26N2O2S. The first kappa shape index (κ1) is 14.3. The lowest BCUT2D eigenvalue weighted by Gasteiger charge is -2.36. The van der Waals surface area contributed by atoms with E-state index in [1.165, 1.54) is 38.6 Å². The summed E-state index contributed by atoms with van der Waals surface area (Å²) in [4.78, 5) is 2.58. The lowest BCUT2D eigenvalue weighted by Crippen LogP contribution is -2.50. The van der Waals surface area contributed by atoms with Crippen LogP contribution in [-0.4, -0.2) is 56.0 Å². The maximum Gasteiger partial charge on any atom is 0.153 e. The molecule has 4 nitrogen and oxygen atoms in total. The average molecular weight is 274 g/mol. The number of rotatable bonds is 4. The summed E-state index contributed by atoms with van der Waals surface area (Å²) in [5.74, 6) is 0. The van der Waals surface area contributed by atoms with Crippen molar-refractivity contribution in [1.29, 1.82) is 0 Å². The normalized spacial score (nSPS) is 30.4. The molecule has 0 amide bonds. The third-order valence-electron chi connectivity index (χ3n) is 4.64. The lowest BCUT2D eigenvalue weighted by atomic mass is 9.97. The second kappa shape index (κ2) is 5.10. The monoisotopic (exact) mass is 274 g/mol. The number of hydrogen-bond acceptors (Lipinski definition) is 4. The number of nitrogens with one attached hydrogen (secondary N) is 1. The Hall–Kier alpha value is -0.130. The van der Waals surface area contributed by atoms with E-state index < -0.39 is 14.6 Å². The van der Waals surface area contributed by atoms with Crippen LogP contribution in [0.2, 0.25) is 0 Å². The smallest absolute Gasteiger partial charge is 0.153 e. The highest BCUT2D eigenvalue weighted by Gasteiger charge is 2.34. The highest BCUT2D eigenvalue weighted by Crippen LogP contribution is 2.27. The van der Waals surface area contributed by atoms with Gasteiger partial charge in [-0.05, 0) is 52.6 Å². The molecule has 0 aromatic rings.